The van der Waals surface area contributed by atoms with Crippen LogP contribution in [0.25, 0.3) is 11.3 Å². The third-order valence-corrected chi connectivity index (χ3v) is 3.14. The third kappa shape index (κ3) is 2.03. The highest BCUT2D eigenvalue weighted by molar-refractivity contribution is 5.76. The molecule has 0 aliphatic rings. The maximum atomic E-state index is 4.45. The SMILES string of the molecule is CNc1c(C)cc(C)c(-c2ccccn2)c1C. The largest absolute Gasteiger partial charge is 0.388 e. The monoisotopic (exact) mass is 226 g/mol. The van der Waals surface area contributed by atoms with Gasteiger partial charge in [0.1, 0.15) is 0 Å². The predicted molar refractivity (Wildman–Crippen MR) is 73.4 cm³/mol. The standard InChI is InChI=1S/C15H18N2/c1-10-9-11(2)15(16-4)12(3)14(10)13-7-5-6-8-17-13/h5-9,16H,1-4H3. The Morgan fingerprint density at radius 2 is 1.82 bits per heavy atom. The molecule has 0 unspecified atom stereocenters. The van der Waals surface area contributed by atoms with E-state index in [1.54, 1.807) is 0 Å². The van der Waals surface area contributed by atoms with Gasteiger partial charge in [0.25, 0.3) is 0 Å². The van der Waals surface area contributed by atoms with Crippen LogP contribution in [-0.4, -0.2) is 12.0 Å². The summed E-state index contributed by atoms with van der Waals surface area (Å²) in [6, 6.07) is 8.24. The van der Waals surface area contributed by atoms with Crippen molar-refractivity contribution in [2.75, 3.05) is 12.4 Å². The smallest absolute Gasteiger partial charge is 0.0708 e. The van der Waals surface area contributed by atoms with Crippen LogP contribution < -0.4 is 5.32 Å². The van der Waals surface area contributed by atoms with Gasteiger partial charge in [-0.15, -0.1) is 0 Å². The lowest BCUT2D eigenvalue weighted by molar-refractivity contribution is 1.25. The normalized spacial score (nSPS) is 10.4. The molecular weight excluding hydrogens is 208 g/mol. The predicted octanol–water partition coefficient (Wildman–Crippen LogP) is 3.72. The Morgan fingerprint density at radius 3 is 2.41 bits per heavy atom. The lowest BCUT2D eigenvalue weighted by Crippen LogP contribution is -2.00. The van der Waals surface area contributed by atoms with E-state index in [4.69, 9.17) is 0 Å². The molecule has 1 N–H and O–H groups in total. The summed E-state index contributed by atoms with van der Waals surface area (Å²) in [5, 5.41) is 3.27. The van der Waals surface area contributed by atoms with Gasteiger partial charge in [0.2, 0.25) is 0 Å². The van der Waals surface area contributed by atoms with Crippen molar-refractivity contribution >= 4 is 5.69 Å². The summed E-state index contributed by atoms with van der Waals surface area (Å²) in [5.41, 5.74) is 7.30. The molecule has 0 spiro atoms. The molecule has 0 saturated heterocycles. The number of benzene rings is 1. The van der Waals surface area contributed by atoms with Crippen molar-refractivity contribution < 1.29 is 0 Å². The summed E-state index contributed by atoms with van der Waals surface area (Å²) in [5.74, 6) is 0. The number of aryl methyl sites for hydroxylation is 2. The average Bonchev–Trinajstić information content (AvgIpc) is 2.30. The fourth-order valence-corrected chi connectivity index (χ4v) is 2.48. The van der Waals surface area contributed by atoms with Crippen LogP contribution in [0.1, 0.15) is 16.7 Å². The zero-order valence-corrected chi connectivity index (χ0v) is 10.8. The summed E-state index contributed by atoms with van der Waals surface area (Å²) in [4.78, 5) is 4.45. The molecule has 0 aliphatic heterocycles. The van der Waals surface area contributed by atoms with Crippen LogP contribution in [0.4, 0.5) is 5.69 Å². The second-order valence-electron chi connectivity index (χ2n) is 4.35. The Kier molecular flexibility index (Phi) is 3.14. The van der Waals surface area contributed by atoms with Crippen molar-refractivity contribution in [1.82, 2.24) is 4.98 Å². The Bertz CT molecular complexity index is 530. The van der Waals surface area contributed by atoms with E-state index in [0.29, 0.717) is 0 Å². The minimum Gasteiger partial charge on any atom is -0.388 e. The first-order chi connectivity index (χ1) is 8.15. The Balaban J connectivity index is 2.70. The molecule has 0 aliphatic carbocycles. The number of hydrogen-bond donors (Lipinski definition) is 1. The molecule has 0 fully saturated rings. The van der Waals surface area contributed by atoms with Crippen molar-refractivity contribution in [2.24, 2.45) is 0 Å². The van der Waals surface area contributed by atoms with E-state index in [1.807, 2.05) is 25.4 Å². The highest BCUT2D eigenvalue weighted by Gasteiger charge is 2.12. The number of nitrogens with one attached hydrogen (secondary N) is 1. The van der Waals surface area contributed by atoms with Gasteiger partial charge < -0.3 is 5.32 Å². The van der Waals surface area contributed by atoms with E-state index in [2.05, 4.69) is 43.2 Å². The second kappa shape index (κ2) is 4.58. The molecule has 2 heteroatoms. The molecular formula is C15H18N2. The topological polar surface area (TPSA) is 24.9 Å². The minimum atomic E-state index is 1.04. The van der Waals surface area contributed by atoms with Gasteiger partial charge in [-0.25, -0.2) is 0 Å². The zero-order chi connectivity index (χ0) is 12.4. The van der Waals surface area contributed by atoms with Crippen LogP contribution in [0.3, 0.4) is 0 Å². The summed E-state index contributed by atoms with van der Waals surface area (Å²) in [6.07, 6.45) is 1.84. The van der Waals surface area contributed by atoms with E-state index in [1.165, 1.54) is 27.9 Å². The summed E-state index contributed by atoms with van der Waals surface area (Å²) >= 11 is 0. The third-order valence-electron chi connectivity index (χ3n) is 3.14. The van der Waals surface area contributed by atoms with Gasteiger partial charge in [0, 0.05) is 24.5 Å². The summed E-state index contributed by atoms with van der Waals surface area (Å²) < 4.78 is 0. The number of pyridine rings is 1. The van der Waals surface area contributed by atoms with E-state index >= 15 is 0 Å². The van der Waals surface area contributed by atoms with Gasteiger partial charge in [-0.05, 0) is 49.6 Å². The zero-order valence-electron chi connectivity index (χ0n) is 10.8. The van der Waals surface area contributed by atoms with Crippen LogP contribution in [-0.2, 0) is 0 Å². The molecule has 1 aromatic carbocycles. The summed E-state index contributed by atoms with van der Waals surface area (Å²) in [7, 11) is 1.97. The van der Waals surface area contributed by atoms with Gasteiger partial charge in [0.15, 0.2) is 0 Å². The van der Waals surface area contributed by atoms with Gasteiger partial charge in [0.05, 0.1) is 5.69 Å². The number of nitrogens with zero attached hydrogens (tertiary/aromatic N) is 1. The molecule has 2 nitrogen and oxygen atoms in total. The summed E-state index contributed by atoms with van der Waals surface area (Å²) in [6.45, 7) is 6.42. The Hall–Kier alpha value is -1.83. The number of hydrogen-bond acceptors (Lipinski definition) is 2. The van der Waals surface area contributed by atoms with Crippen LogP contribution >= 0.6 is 0 Å². The average molecular weight is 226 g/mol. The lowest BCUT2D eigenvalue weighted by atomic mass is 9.95. The Labute approximate surface area is 103 Å². The maximum absolute atomic E-state index is 4.45. The second-order valence-corrected chi connectivity index (χ2v) is 4.35. The molecule has 0 radical (unpaired) electrons. The lowest BCUT2D eigenvalue weighted by Gasteiger charge is -2.16. The van der Waals surface area contributed by atoms with Crippen molar-refractivity contribution in [1.29, 1.82) is 0 Å². The van der Waals surface area contributed by atoms with Crippen LogP contribution in [0.2, 0.25) is 0 Å². The van der Waals surface area contributed by atoms with Gasteiger partial charge >= 0.3 is 0 Å². The maximum Gasteiger partial charge on any atom is 0.0708 e. The molecule has 0 atom stereocenters. The number of rotatable bonds is 2. The highest BCUT2D eigenvalue weighted by atomic mass is 14.8. The molecule has 0 saturated carbocycles. The number of aromatic nitrogens is 1. The quantitative estimate of drug-likeness (QED) is 0.844. The fourth-order valence-electron chi connectivity index (χ4n) is 2.48. The van der Waals surface area contributed by atoms with Crippen molar-refractivity contribution in [3.05, 3.63) is 47.2 Å². The molecule has 88 valence electrons. The molecule has 2 rings (SSSR count). The molecule has 17 heavy (non-hydrogen) atoms. The first kappa shape index (κ1) is 11.6. The van der Waals surface area contributed by atoms with Gasteiger partial charge in [-0.3, -0.25) is 4.98 Å². The van der Waals surface area contributed by atoms with Gasteiger partial charge in [-0.2, -0.15) is 0 Å². The van der Waals surface area contributed by atoms with Crippen molar-refractivity contribution in [2.45, 2.75) is 20.8 Å². The van der Waals surface area contributed by atoms with E-state index < -0.39 is 0 Å². The van der Waals surface area contributed by atoms with Crippen molar-refractivity contribution in [3.8, 4) is 11.3 Å². The van der Waals surface area contributed by atoms with Crippen LogP contribution in [0, 0.1) is 20.8 Å². The molecule has 2 aromatic rings. The van der Waals surface area contributed by atoms with Gasteiger partial charge in [-0.1, -0.05) is 12.1 Å². The molecule has 0 bridgehead atoms. The van der Waals surface area contributed by atoms with E-state index in [-0.39, 0.29) is 0 Å². The molecule has 1 heterocycles. The Morgan fingerprint density at radius 1 is 1.06 bits per heavy atom. The van der Waals surface area contributed by atoms with E-state index in [0.717, 1.165) is 5.69 Å². The van der Waals surface area contributed by atoms with E-state index in [9.17, 15) is 0 Å². The fraction of sp³-hybridized carbons (Fsp3) is 0.267. The number of anilines is 1. The first-order valence-corrected chi connectivity index (χ1v) is 5.85. The highest BCUT2D eigenvalue weighted by Crippen LogP contribution is 2.32. The molecule has 1 aromatic heterocycles. The minimum absolute atomic E-state index is 1.04. The van der Waals surface area contributed by atoms with Crippen molar-refractivity contribution in [3.63, 3.8) is 0 Å². The first-order valence-electron chi connectivity index (χ1n) is 5.85. The van der Waals surface area contributed by atoms with Crippen LogP contribution in [0.15, 0.2) is 30.5 Å². The van der Waals surface area contributed by atoms with Crippen LogP contribution in [0.5, 0.6) is 0 Å². The molecule has 0 amide bonds.